The number of halogens is 3. The van der Waals surface area contributed by atoms with Gasteiger partial charge in [0, 0.05) is 30.5 Å². The van der Waals surface area contributed by atoms with Gasteiger partial charge in [0.25, 0.3) is 0 Å². The Morgan fingerprint density at radius 1 is 1.35 bits per heavy atom. The molecule has 0 saturated carbocycles. The molecule has 2 aromatic rings. The van der Waals surface area contributed by atoms with Crippen LogP contribution in [0.1, 0.15) is 16.8 Å². The Morgan fingerprint density at radius 2 is 2.05 bits per heavy atom. The molecule has 3 nitrogen and oxygen atoms in total. The fourth-order valence-electron chi connectivity index (χ4n) is 2.15. The Bertz CT molecular complexity index is 628. The number of nitrogens with zero attached hydrogens (tertiary/aromatic N) is 2. The summed E-state index contributed by atoms with van der Waals surface area (Å²) in [6, 6.07) is 4.15. The maximum absolute atomic E-state index is 13.0. The number of aliphatic hydroxyl groups excluding tert-OH is 1. The molecule has 1 aromatic heterocycles. The van der Waals surface area contributed by atoms with E-state index in [0.717, 1.165) is 11.3 Å². The molecule has 1 atom stereocenters. The molecule has 1 N–H and O–H groups in total. The third-order valence-corrected chi connectivity index (χ3v) is 4.00. The molecule has 2 rings (SSSR count). The average Bonchev–Trinajstić information content (AvgIpc) is 2.60. The zero-order valence-corrected chi connectivity index (χ0v) is 12.7. The van der Waals surface area contributed by atoms with Crippen LogP contribution >= 0.6 is 23.2 Å². The minimum absolute atomic E-state index is 0.318. The Kier molecular flexibility index (Phi) is 4.68. The van der Waals surface area contributed by atoms with E-state index in [1.165, 1.54) is 12.1 Å². The predicted molar refractivity (Wildman–Crippen MR) is 77.8 cm³/mol. The smallest absolute Gasteiger partial charge is 0.130 e. The molecule has 0 amide bonds. The van der Waals surface area contributed by atoms with E-state index in [0.29, 0.717) is 28.6 Å². The molecule has 0 fully saturated rings. The number of benzene rings is 1. The maximum Gasteiger partial charge on any atom is 0.130 e. The molecular formula is C14H15Cl2FN2O. The fourth-order valence-corrected chi connectivity index (χ4v) is 2.65. The van der Waals surface area contributed by atoms with E-state index < -0.39 is 6.10 Å². The van der Waals surface area contributed by atoms with Gasteiger partial charge in [0.2, 0.25) is 0 Å². The molecule has 1 heterocycles. The molecule has 0 aliphatic carbocycles. The summed E-state index contributed by atoms with van der Waals surface area (Å²) in [7, 11) is 1.75. The van der Waals surface area contributed by atoms with Crippen LogP contribution in [0.25, 0.3) is 0 Å². The first-order chi connectivity index (χ1) is 9.38. The lowest BCUT2D eigenvalue weighted by molar-refractivity contribution is 0.175. The fraction of sp³-hybridized carbons (Fsp3) is 0.357. The monoisotopic (exact) mass is 316 g/mol. The summed E-state index contributed by atoms with van der Waals surface area (Å²) in [5.41, 5.74) is 2.32. The van der Waals surface area contributed by atoms with E-state index in [9.17, 15) is 9.50 Å². The van der Waals surface area contributed by atoms with Crippen LogP contribution in [0.3, 0.4) is 0 Å². The molecule has 20 heavy (non-hydrogen) atoms. The third-order valence-electron chi connectivity index (χ3n) is 3.18. The number of aromatic nitrogens is 2. The highest BCUT2D eigenvalue weighted by atomic mass is 35.5. The number of aliphatic hydroxyl groups is 1. The Morgan fingerprint density at radius 3 is 2.60 bits per heavy atom. The lowest BCUT2D eigenvalue weighted by atomic mass is 10.0. The summed E-state index contributed by atoms with van der Waals surface area (Å²) in [6.45, 7) is 1.85. The number of rotatable bonds is 4. The summed E-state index contributed by atoms with van der Waals surface area (Å²) in [5.74, 6) is -0.389. The summed E-state index contributed by atoms with van der Waals surface area (Å²) in [6.07, 6.45) is 0.0639. The van der Waals surface area contributed by atoms with Crippen LogP contribution in [-0.2, 0) is 19.9 Å². The molecule has 0 aliphatic rings. The zero-order chi connectivity index (χ0) is 14.9. The van der Waals surface area contributed by atoms with Crippen LogP contribution < -0.4 is 0 Å². The highest BCUT2D eigenvalue weighted by Gasteiger charge is 2.17. The molecule has 6 heteroatoms. The van der Waals surface area contributed by atoms with Crippen molar-refractivity contribution in [1.82, 2.24) is 9.78 Å². The Hall–Kier alpha value is -1.10. The summed E-state index contributed by atoms with van der Waals surface area (Å²) >= 11 is 12.1. The highest BCUT2D eigenvalue weighted by molar-refractivity contribution is 6.31. The first-order valence-corrected chi connectivity index (χ1v) is 6.94. The second-order valence-electron chi connectivity index (χ2n) is 4.78. The zero-order valence-electron chi connectivity index (χ0n) is 11.2. The number of hydrogen-bond acceptors (Lipinski definition) is 2. The van der Waals surface area contributed by atoms with Crippen LogP contribution in [0.5, 0.6) is 0 Å². The minimum Gasteiger partial charge on any atom is -0.392 e. The van der Waals surface area contributed by atoms with Crippen LogP contribution in [0.15, 0.2) is 18.2 Å². The van der Waals surface area contributed by atoms with Gasteiger partial charge in [0.15, 0.2) is 0 Å². The second kappa shape index (κ2) is 6.12. The Labute approximate surface area is 126 Å². The summed E-state index contributed by atoms with van der Waals surface area (Å²) in [4.78, 5) is 0. The highest BCUT2D eigenvalue weighted by Crippen LogP contribution is 2.23. The van der Waals surface area contributed by atoms with Crippen LogP contribution in [-0.4, -0.2) is 21.0 Å². The first kappa shape index (κ1) is 15.3. The lowest BCUT2D eigenvalue weighted by Crippen LogP contribution is -2.15. The van der Waals surface area contributed by atoms with Gasteiger partial charge in [-0.15, -0.1) is 0 Å². The molecule has 1 aromatic carbocycles. The number of aryl methyl sites for hydroxylation is 2. The van der Waals surface area contributed by atoms with Crippen molar-refractivity contribution < 1.29 is 9.50 Å². The molecular weight excluding hydrogens is 302 g/mol. The largest absolute Gasteiger partial charge is 0.392 e. The van der Waals surface area contributed by atoms with Gasteiger partial charge in [-0.05, 0) is 24.6 Å². The van der Waals surface area contributed by atoms with E-state index in [2.05, 4.69) is 5.10 Å². The molecule has 108 valence electrons. The molecule has 0 radical (unpaired) electrons. The van der Waals surface area contributed by atoms with E-state index >= 15 is 0 Å². The standard InChI is InChI=1S/C14H15Cl2FN2O/c1-8-12(14(16)19(2)18-8)7-11(20)5-9-3-4-10(17)6-13(9)15/h3-4,6,11,20H,5,7H2,1-2H3. The van der Waals surface area contributed by atoms with Crippen LogP contribution in [0, 0.1) is 12.7 Å². The van der Waals surface area contributed by atoms with Gasteiger partial charge in [-0.2, -0.15) is 5.10 Å². The van der Waals surface area contributed by atoms with Gasteiger partial charge in [-0.3, -0.25) is 4.68 Å². The van der Waals surface area contributed by atoms with Crippen molar-refractivity contribution >= 4 is 23.2 Å². The van der Waals surface area contributed by atoms with Crippen molar-refractivity contribution in [2.24, 2.45) is 7.05 Å². The average molecular weight is 317 g/mol. The quantitative estimate of drug-likeness (QED) is 0.939. The van der Waals surface area contributed by atoms with E-state index in [1.807, 2.05) is 6.92 Å². The molecule has 0 bridgehead atoms. The first-order valence-electron chi connectivity index (χ1n) is 6.18. The summed E-state index contributed by atoms with van der Waals surface area (Å²) < 4.78 is 14.5. The van der Waals surface area contributed by atoms with Gasteiger partial charge in [-0.25, -0.2) is 4.39 Å². The number of hydrogen-bond donors (Lipinski definition) is 1. The topological polar surface area (TPSA) is 38.0 Å². The van der Waals surface area contributed by atoms with Crippen LogP contribution in [0.2, 0.25) is 10.2 Å². The minimum atomic E-state index is -0.654. The SMILES string of the molecule is Cc1nn(C)c(Cl)c1CC(O)Cc1ccc(F)cc1Cl. The van der Waals surface area contributed by atoms with Gasteiger partial charge >= 0.3 is 0 Å². The van der Waals surface area contributed by atoms with Crippen molar-refractivity contribution in [2.45, 2.75) is 25.9 Å². The molecule has 0 aliphatic heterocycles. The third kappa shape index (κ3) is 3.32. The van der Waals surface area contributed by atoms with E-state index in [1.54, 1.807) is 17.8 Å². The molecule has 1 unspecified atom stereocenters. The van der Waals surface area contributed by atoms with Crippen molar-refractivity contribution in [1.29, 1.82) is 0 Å². The van der Waals surface area contributed by atoms with Gasteiger partial charge in [0.1, 0.15) is 11.0 Å². The van der Waals surface area contributed by atoms with Gasteiger partial charge < -0.3 is 5.11 Å². The van der Waals surface area contributed by atoms with E-state index in [-0.39, 0.29) is 5.82 Å². The predicted octanol–water partition coefficient (Wildman–Crippen LogP) is 3.32. The van der Waals surface area contributed by atoms with Gasteiger partial charge in [0.05, 0.1) is 11.8 Å². The van der Waals surface area contributed by atoms with Gasteiger partial charge in [-0.1, -0.05) is 29.3 Å². The lowest BCUT2D eigenvalue weighted by Gasteiger charge is -2.12. The maximum atomic E-state index is 13.0. The van der Waals surface area contributed by atoms with Crippen molar-refractivity contribution in [2.75, 3.05) is 0 Å². The van der Waals surface area contributed by atoms with Crippen molar-refractivity contribution in [3.05, 3.63) is 51.0 Å². The van der Waals surface area contributed by atoms with E-state index in [4.69, 9.17) is 23.2 Å². The summed E-state index contributed by atoms with van der Waals surface area (Å²) in [5, 5.41) is 15.2. The van der Waals surface area contributed by atoms with Crippen molar-refractivity contribution in [3.63, 3.8) is 0 Å². The van der Waals surface area contributed by atoms with Crippen molar-refractivity contribution in [3.8, 4) is 0 Å². The normalized spacial score (nSPS) is 12.7. The Balaban J connectivity index is 2.11. The molecule has 0 saturated heterocycles. The second-order valence-corrected chi connectivity index (χ2v) is 5.54. The van der Waals surface area contributed by atoms with Crippen LogP contribution in [0.4, 0.5) is 4.39 Å². The molecule has 0 spiro atoms.